The Morgan fingerprint density at radius 2 is 1.62 bits per heavy atom. The van der Waals surface area contributed by atoms with Gasteiger partial charge in [0, 0.05) is 0 Å². The Hall–Kier alpha value is -0.570. The highest BCUT2D eigenvalue weighted by atomic mass is 16.4. The number of ketones is 1. The van der Waals surface area contributed by atoms with Crippen molar-refractivity contribution in [2.75, 3.05) is 13.2 Å². The van der Waals surface area contributed by atoms with E-state index in [1.165, 1.54) is 0 Å². The van der Waals surface area contributed by atoms with Gasteiger partial charge in [0.05, 0.1) is 6.61 Å². The fourth-order valence-corrected chi connectivity index (χ4v) is 0.602. The highest BCUT2D eigenvalue weighted by Crippen LogP contribution is 2.00. The molecule has 0 heterocycles. The SMILES string of the molecule is O.O=C(CO)[C@H](O)[C@H](O)[C@H](O)CO. The van der Waals surface area contributed by atoms with Gasteiger partial charge in [0.1, 0.15) is 24.9 Å². The maximum atomic E-state index is 10.5. The van der Waals surface area contributed by atoms with Crippen LogP contribution in [0.5, 0.6) is 0 Å². The Kier molecular flexibility index (Phi) is 7.92. The van der Waals surface area contributed by atoms with Crippen molar-refractivity contribution in [2.24, 2.45) is 0 Å². The summed E-state index contributed by atoms with van der Waals surface area (Å²) >= 11 is 0. The van der Waals surface area contributed by atoms with E-state index >= 15 is 0 Å². The molecule has 0 amide bonds. The molecule has 7 N–H and O–H groups in total. The number of carbonyl (C=O) groups is 1. The highest BCUT2D eigenvalue weighted by Gasteiger charge is 2.28. The molecular weight excluding hydrogens is 184 g/mol. The molecular formula is C6H14O7. The molecule has 0 fully saturated rings. The molecule has 13 heavy (non-hydrogen) atoms. The summed E-state index contributed by atoms with van der Waals surface area (Å²) in [5.74, 6) is -1.00. The van der Waals surface area contributed by atoms with Crippen LogP contribution in [0.25, 0.3) is 0 Å². The maximum absolute atomic E-state index is 10.5. The van der Waals surface area contributed by atoms with Gasteiger partial charge in [-0.3, -0.25) is 4.79 Å². The van der Waals surface area contributed by atoms with Gasteiger partial charge in [0.15, 0.2) is 5.78 Å². The average Bonchev–Trinajstić information content (AvgIpc) is 2.12. The topological polar surface area (TPSA) is 150 Å². The van der Waals surface area contributed by atoms with Gasteiger partial charge >= 0.3 is 0 Å². The average molecular weight is 198 g/mol. The maximum Gasteiger partial charge on any atom is 0.189 e. The van der Waals surface area contributed by atoms with Crippen LogP contribution in [-0.4, -0.2) is 68.3 Å². The Morgan fingerprint density at radius 3 is 1.92 bits per heavy atom. The molecule has 0 aliphatic carbocycles. The number of aliphatic hydroxyl groups excluding tert-OH is 5. The summed E-state index contributed by atoms with van der Waals surface area (Å²) in [6, 6.07) is 0. The van der Waals surface area contributed by atoms with Crippen LogP contribution >= 0.6 is 0 Å². The minimum absolute atomic E-state index is 0. The summed E-state index contributed by atoms with van der Waals surface area (Å²) in [7, 11) is 0. The van der Waals surface area contributed by atoms with E-state index in [0.717, 1.165) is 0 Å². The third-order valence-corrected chi connectivity index (χ3v) is 1.39. The van der Waals surface area contributed by atoms with E-state index in [4.69, 9.17) is 25.5 Å². The Labute approximate surface area is 74.2 Å². The number of hydrogen-bond donors (Lipinski definition) is 5. The van der Waals surface area contributed by atoms with Gasteiger partial charge in [0.2, 0.25) is 0 Å². The van der Waals surface area contributed by atoms with Crippen molar-refractivity contribution in [3.05, 3.63) is 0 Å². The predicted octanol–water partition coefficient (Wildman–Crippen LogP) is -4.20. The van der Waals surface area contributed by atoms with Crippen molar-refractivity contribution in [1.82, 2.24) is 0 Å². The summed E-state index contributed by atoms with van der Waals surface area (Å²) in [6.07, 6.45) is -5.22. The van der Waals surface area contributed by atoms with Gasteiger partial charge in [-0.25, -0.2) is 0 Å². The molecule has 0 aliphatic rings. The summed E-state index contributed by atoms with van der Waals surface area (Å²) in [5, 5.41) is 43.1. The fourth-order valence-electron chi connectivity index (χ4n) is 0.602. The molecule has 7 heteroatoms. The Morgan fingerprint density at radius 1 is 1.15 bits per heavy atom. The van der Waals surface area contributed by atoms with Crippen molar-refractivity contribution in [1.29, 1.82) is 0 Å². The molecule has 0 aliphatic heterocycles. The van der Waals surface area contributed by atoms with E-state index in [2.05, 4.69) is 0 Å². The van der Waals surface area contributed by atoms with E-state index < -0.39 is 37.3 Å². The van der Waals surface area contributed by atoms with Crippen molar-refractivity contribution in [2.45, 2.75) is 18.3 Å². The van der Waals surface area contributed by atoms with Crippen LogP contribution in [0.4, 0.5) is 0 Å². The van der Waals surface area contributed by atoms with Crippen LogP contribution in [0, 0.1) is 0 Å². The first-order chi connectivity index (χ1) is 5.54. The van der Waals surface area contributed by atoms with Gasteiger partial charge in [-0.2, -0.15) is 0 Å². The smallest absolute Gasteiger partial charge is 0.189 e. The third kappa shape index (κ3) is 4.27. The largest absolute Gasteiger partial charge is 0.412 e. The van der Waals surface area contributed by atoms with Gasteiger partial charge < -0.3 is 31.0 Å². The second-order valence-electron chi connectivity index (χ2n) is 2.31. The fraction of sp³-hybridized carbons (Fsp3) is 0.833. The number of hydrogen-bond acceptors (Lipinski definition) is 6. The lowest BCUT2D eigenvalue weighted by molar-refractivity contribution is -0.142. The van der Waals surface area contributed by atoms with Crippen molar-refractivity contribution < 1.29 is 35.8 Å². The molecule has 80 valence electrons. The molecule has 3 atom stereocenters. The Bertz CT molecular complexity index is 148. The molecule has 0 rings (SSSR count). The normalized spacial score (nSPS) is 17.0. The predicted molar refractivity (Wildman–Crippen MR) is 40.8 cm³/mol. The van der Waals surface area contributed by atoms with E-state index in [1.807, 2.05) is 0 Å². The molecule has 0 aromatic rings. The molecule has 0 spiro atoms. The van der Waals surface area contributed by atoms with Crippen LogP contribution in [0.3, 0.4) is 0 Å². The first-order valence-corrected chi connectivity index (χ1v) is 3.33. The van der Waals surface area contributed by atoms with Crippen LogP contribution in [0.2, 0.25) is 0 Å². The van der Waals surface area contributed by atoms with Gasteiger partial charge in [0.25, 0.3) is 0 Å². The number of carbonyl (C=O) groups excluding carboxylic acids is 1. The first kappa shape index (κ1) is 14.9. The lowest BCUT2D eigenvalue weighted by Crippen LogP contribution is -2.44. The minimum Gasteiger partial charge on any atom is -0.412 e. The summed E-state index contributed by atoms with van der Waals surface area (Å²) in [5.41, 5.74) is 0. The molecule has 0 saturated carbocycles. The quantitative estimate of drug-likeness (QED) is 0.302. The third-order valence-electron chi connectivity index (χ3n) is 1.39. The molecule has 0 aromatic carbocycles. The van der Waals surface area contributed by atoms with E-state index in [1.54, 1.807) is 0 Å². The van der Waals surface area contributed by atoms with Gasteiger partial charge in [-0.1, -0.05) is 0 Å². The molecule has 0 bridgehead atoms. The van der Waals surface area contributed by atoms with Crippen LogP contribution in [0.15, 0.2) is 0 Å². The summed E-state index contributed by atoms with van der Waals surface area (Å²) in [6.45, 7) is -1.69. The molecule has 0 aromatic heterocycles. The zero-order valence-corrected chi connectivity index (χ0v) is 6.79. The number of aliphatic hydroxyl groups is 5. The number of Topliss-reactive ketones (excluding diaryl/α,β-unsaturated/α-hetero) is 1. The monoisotopic (exact) mass is 198 g/mol. The molecule has 0 saturated heterocycles. The first-order valence-electron chi connectivity index (χ1n) is 3.33. The minimum atomic E-state index is -1.86. The molecule has 7 nitrogen and oxygen atoms in total. The summed E-state index contributed by atoms with van der Waals surface area (Å²) in [4.78, 5) is 10.5. The van der Waals surface area contributed by atoms with Crippen LogP contribution in [0.1, 0.15) is 0 Å². The van der Waals surface area contributed by atoms with Crippen molar-refractivity contribution in [3.63, 3.8) is 0 Å². The Balaban J connectivity index is 0. The van der Waals surface area contributed by atoms with Crippen molar-refractivity contribution >= 4 is 5.78 Å². The zero-order valence-electron chi connectivity index (χ0n) is 6.79. The lowest BCUT2D eigenvalue weighted by Gasteiger charge is -2.19. The van der Waals surface area contributed by atoms with E-state index in [9.17, 15) is 4.79 Å². The second kappa shape index (κ2) is 6.89. The van der Waals surface area contributed by atoms with Crippen LogP contribution in [-0.2, 0) is 4.79 Å². The van der Waals surface area contributed by atoms with Gasteiger partial charge in [-0.05, 0) is 0 Å². The van der Waals surface area contributed by atoms with Crippen molar-refractivity contribution in [3.8, 4) is 0 Å². The standard InChI is InChI=1S/C6H12O6.H2O/c7-1-3(9)5(11)6(12)4(10)2-8;/h3,5-9,11-12H,1-2H2;1H2/t3-,5-,6+;/m1./s1. The second-order valence-corrected chi connectivity index (χ2v) is 2.31. The summed E-state index contributed by atoms with van der Waals surface area (Å²) < 4.78 is 0. The number of rotatable bonds is 5. The highest BCUT2D eigenvalue weighted by molar-refractivity contribution is 5.84. The molecule has 0 radical (unpaired) electrons. The van der Waals surface area contributed by atoms with Gasteiger partial charge in [-0.15, -0.1) is 0 Å². The zero-order chi connectivity index (χ0) is 9.72. The lowest BCUT2D eigenvalue weighted by atomic mass is 10.1. The van der Waals surface area contributed by atoms with E-state index in [0.29, 0.717) is 0 Å². The molecule has 0 unspecified atom stereocenters. The van der Waals surface area contributed by atoms with E-state index in [-0.39, 0.29) is 5.48 Å². The van der Waals surface area contributed by atoms with Crippen LogP contribution < -0.4 is 0 Å².